The molecule has 1 unspecified atom stereocenters. The minimum atomic E-state index is -0.677. The highest BCUT2D eigenvalue weighted by Crippen LogP contribution is 2.22. The summed E-state index contributed by atoms with van der Waals surface area (Å²) in [4.78, 5) is 9.30. The van der Waals surface area contributed by atoms with Gasteiger partial charge in [0, 0.05) is 24.0 Å². The van der Waals surface area contributed by atoms with Crippen molar-refractivity contribution >= 4 is 41.3 Å². The zero-order valence-corrected chi connectivity index (χ0v) is 21.8. The van der Waals surface area contributed by atoms with Crippen LogP contribution in [-0.2, 0) is 6.54 Å². The average Bonchev–Trinajstić information content (AvgIpc) is 3.25. The minimum Gasteiger partial charge on any atom is -0.491 e. The van der Waals surface area contributed by atoms with Gasteiger partial charge in [-0.2, -0.15) is 0 Å². The lowest BCUT2D eigenvalue weighted by molar-refractivity contribution is 0.179. The van der Waals surface area contributed by atoms with E-state index in [9.17, 15) is 5.11 Å². The van der Waals surface area contributed by atoms with E-state index < -0.39 is 6.10 Å². The van der Waals surface area contributed by atoms with Gasteiger partial charge in [-0.3, -0.25) is 0 Å². The summed E-state index contributed by atoms with van der Waals surface area (Å²) in [5.74, 6) is 1.40. The van der Waals surface area contributed by atoms with Crippen molar-refractivity contribution in [3.8, 4) is 17.0 Å². The van der Waals surface area contributed by atoms with E-state index in [0.717, 1.165) is 34.1 Å². The Morgan fingerprint density at radius 2 is 1.91 bits per heavy atom. The van der Waals surface area contributed by atoms with E-state index in [2.05, 4.69) is 38.1 Å². The highest BCUT2D eigenvalue weighted by Gasteiger charge is 2.11. The number of hydrogen-bond donors (Lipinski definition) is 3. The van der Waals surface area contributed by atoms with Gasteiger partial charge in [0.1, 0.15) is 10.8 Å². The Hall–Kier alpha value is -2.17. The number of benzene rings is 2. The van der Waals surface area contributed by atoms with Crippen molar-refractivity contribution in [3.05, 3.63) is 70.5 Å². The molecule has 0 spiro atoms. The minimum absolute atomic E-state index is 0. The lowest BCUT2D eigenvalue weighted by Gasteiger charge is -2.17. The molecule has 0 saturated heterocycles. The van der Waals surface area contributed by atoms with E-state index in [1.807, 2.05) is 63.2 Å². The summed E-state index contributed by atoms with van der Waals surface area (Å²) in [5.41, 5.74) is 2.87. The van der Waals surface area contributed by atoms with Crippen molar-refractivity contribution in [1.82, 2.24) is 15.6 Å². The second-order valence-electron chi connectivity index (χ2n) is 7.32. The zero-order valence-electron chi connectivity index (χ0n) is 18.6. The number of hydrogen-bond acceptors (Lipinski definition) is 5. The smallest absolute Gasteiger partial charge is 0.191 e. The third-order valence-electron chi connectivity index (χ3n) is 4.42. The Kier molecular flexibility index (Phi) is 10.9. The largest absolute Gasteiger partial charge is 0.491 e. The number of ether oxygens (including phenoxy) is 1. The lowest BCUT2D eigenvalue weighted by atomic mass is 10.1. The molecule has 3 rings (SSSR count). The highest BCUT2D eigenvalue weighted by molar-refractivity contribution is 14.0. The Balaban J connectivity index is 0.00000363. The van der Waals surface area contributed by atoms with Crippen LogP contribution in [0, 0.1) is 0 Å². The topological polar surface area (TPSA) is 78.8 Å². The number of thiazole rings is 1. The van der Waals surface area contributed by atoms with Crippen LogP contribution < -0.4 is 15.4 Å². The van der Waals surface area contributed by atoms with Crippen molar-refractivity contribution in [2.75, 3.05) is 13.1 Å². The molecule has 0 aliphatic carbocycles. The van der Waals surface area contributed by atoms with Gasteiger partial charge in [0.2, 0.25) is 0 Å². The van der Waals surface area contributed by atoms with Gasteiger partial charge in [-0.15, -0.1) is 35.3 Å². The molecule has 0 amide bonds. The van der Waals surface area contributed by atoms with Crippen LogP contribution >= 0.6 is 35.3 Å². The Bertz CT molecular complexity index is 979. The van der Waals surface area contributed by atoms with E-state index in [4.69, 9.17) is 4.74 Å². The Morgan fingerprint density at radius 1 is 1.12 bits per heavy atom. The number of guanidine groups is 1. The normalized spacial score (nSPS) is 12.2. The van der Waals surface area contributed by atoms with Gasteiger partial charge in [-0.05, 0) is 38.5 Å². The van der Waals surface area contributed by atoms with Gasteiger partial charge >= 0.3 is 0 Å². The second-order valence-corrected chi connectivity index (χ2v) is 8.27. The summed E-state index contributed by atoms with van der Waals surface area (Å²) < 4.78 is 5.72. The van der Waals surface area contributed by atoms with Crippen molar-refractivity contribution in [2.45, 2.75) is 39.5 Å². The third-order valence-corrected chi connectivity index (χ3v) is 5.25. The second kappa shape index (κ2) is 13.4. The maximum Gasteiger partial charge on any atom is 0.191 e. The predicted octanol–water partition coefficient (Wildman–Crippen LogP) is 5.00. The van der Waals surface area contributed by atoms with Gasteiger partial charge in [0.25, 0.3) is 0 Å². The van der Waals surface area contributed by atoms with Crippen LogP contribution in [0.2, 0.25) is 0 Å². The molecule has 1 atom stereocenters. The lowest BCUT2D eigenvalue weighted by Crippen LogP contribution is -2.39. The summed E-state index contributed by atoms with van der Waals surface area (Å²) >= 11 is 1.60. The number of aromatic nitrogens is 1. The first-order valence-corrected chi connectivity index (χ1v) is 11.4. The van der Waals surface area contributed by atoms with E-state index in [-0.39, 0.29) is 30.1 Å². The molecule has 0 fully saturated rings. The van der Waals surface area contributed by atoms with Crippen molar-refractivity contribution < 1.29 is 9.84 Å². The fourth-order valence-corrected chi connectivity index (χ4v) is 3.72. The quantitative estimate of drug-likeness (QED) is 0.193. The Labute approximate surface area is 211 Å². The molecule has 0 bridgehead atoms. The number of nitrogens with zero attached hydrogens (tertiary/aromatic N) is 2. The molecule has 6 nitrogen and oxygen atoms in total. The SMILES string of the molecule is CCNC(=NCc1nc(-c2ccccc2)cs1)NCC(O)c1cccc(OC(C)C)c1.I. The highest BCUT2D eigenvalue weighted by atomic mass is 127. The number of aliphatic hydroxyl groups is 1. The summed E-state index contributed by atoms with van der Waals surface area (Å²) in [6, 6.07) is 17.7. The van der Waals surface area contributed by atoms with E-state index >= 15 is 0 Å². The van der Waals surface area contributed by atoms with Crippen molar-refractivity contribution in [1.29, 1.82) is 0 Å². The summed E-state index contributed by atoms with van der Waals surface area (Å²) in [6.45, 7) is 7.51. The first-order valence-electron chi connectivity index (χ1n) is 10.5. The van der Waals surface area contributed by atoms with Gasteiger partial charge < -0.3 is 20.5 Å². The summed E-state index contributed by atoms with van der Waals surface area (Å²) in [6.07, 6.45) is -0.588. The van der Waals surface area contributed by atoms with Crippen LogP contribution in [0.5, 0.6) is 5.75 Å². The molecule has 0 radical (unpaired) electrons. The first kappa shape index (κ1) is 26.1. The molecule has 0 saturated carbocycles. The fourth-order valence-electron chi connectivity index (χ4n) is 2.99. The number of halogens is 1. The molecule has 1 aromatic heterocycles. The molecule has 8 heteroatoms. The maximum atomic E-state index is 10.6. The van der Waals surface area contributed by atoms with E-state index in [1.54, 1.807) is 11.3 Å². The molecule has 3 aromatic rings. The molecule has 3 N–H and O–H groups in total. The van der Waals surface area contributed by atoms with Gasteiger partial charge in [-0.25, -0.2) is 9.98 Å². The number of nitrogens with one attached hydrogen (secondary N) is 2. The molecule has 0 aliphatic heterocycles. The third kappa shape index (κ3) is 8.07. The van der Waals surface area contributed by atoms with Crippen LogP contribution in [0.1, 0.15) is 37.4 Å². The van der Waals surface area contributed by atoms with Gasteiger partial charge in [0.15, 0.2) is 5.96 Å². The molecule has 32 heavy (non-hydrogen) atoms. The van der Waals surface area contributed by atoms with Crippen LogP contribution in [-0.4, -0.2) is 35.2 Å². The molecule has 172 valence electrons. The summed E-state index contributed by atoms with van der Waals surface area (Å²) in [7, 11) is 0. The van der Waals surface area contributed by atoms with Crippen LogP contribution in [0.3, 0.4) is 0 Å². The summed E-state index contributed by atoms with van der Waals surface area (Å²) in [5, 5.41) is 20.0. The average molecular weight is 567 g/mol. The van der Waals surface area contributed by atoms with Crippen molar-refractivity contribution in [3.63, 3.8) is 0 Å². The number of rotatable bonds is 9. The number of aliphatic imine (C=N–C) groups is 1. The first-order chi connectivity index (χ1) is 15.0. The van der Waals surface area contributed by atoms with Gasteiger partial charge in [-0.1, -0.05) is 42.5 Å². The fraction of sp³-hybridized carbons (Fsp3) is 0.333. The predicted molar refractivity (Wildman–Crippen MR) is 143 cm³/mol. The monoisotopic (exact) mass is 566 g/mol. The van der Waals surface area contributed by atoms with E-state index in [1.165, 1.54) is 0 Å². The van der Waals surface area contributed by atoms with E-state index in [0.29, 0.717) is 19.0 Å². The Morgan fingerprint density at radius 3 is 2.62 bits per heavy atom. The number of aliphatic hydroxyl groups excluding tert-OH is 1. The van der Waals surface area contributed by atoms with Crippen molar-refractivity contribution in [2.24, 2.45) is 4.99 Å². The van der Waals surface area contributed by atoms with Crippen LogP contribution in [0.15, 0.2) is 65.0 Å². The maximum absolute atomic E-state index is 10.6. The molecule has 2 aromatic carbocycles. The molecular weight excluding hydrogens is 535 g/mol. The zero-order chi connectivity index (χ0) is 22.1. The molecule has 1 heterocycles. The standard InChI is InChI=1S/C24H30N4O2S.HI/c1-4-25-24(26-14-22(29)19-11-8-12-20(13-19)30-17(2)3)27-15-23-28-21(16-31-23)18-9-6-5-7-10-18;/h5-13,16-17,22,29H,4,14-15H2,1-3H3,(H2,25,26,27);1H. The molecule has 0 aliphatic rings. The van der Waals surface area contributed by atoms with Crippen LogP contribution in [0.25, 0.3) is 11.3 Å². The van der Waals surface area contributed by atoms with Gasteiger partial charge in [0.05, 0.1) is 24.4 Å². The van der Waals surface area contributed by atoms with Crippen LogP contribution in [0.4, 0.5) is 0 Å². The molecular formula is C24H31IN4O2S.